The minimum absolute atomic E-state index is 0.988. The van der Waals surface area contributed by atoms with E-state index in [1.54, 1.807) is 0 Å². The summed E-state index contributed by atoms with van der Waals surface area (Å²) >= 11 is 4.21. The first kappa shape index (κ1) is 11.4. The number of hydrogen-bond acceptors (Lipinski definition) is 2. The maximum atomic E-state index is 4.21. The van der Waals surface area contributed by atoms with Crippen LogP contribution in [0.4, 0.5) is 5.69 Å². The van der Waals surface area contributed by atoms with Crippen molar-refractivity contribution >= 4 is 18.3 Å². The van der Waals surface area contributed by atoms with Crippen molar-refractivity contribution in [2.24, 2.45) is 0 Å². The summed E-state index contributed by atoms with van der Waals surface area (Å²) in [6.45, 7) is 3.23. The molecule has 1 nitrogen and oxygen atoms in total. The van der Waals surface area contributed by atoms with E-state index in [2.05, 4.69) is 55.8 Å². The molecule has 0 amide bonds. The Labute approximate surface area is 92.5 Å². The molecule has 0 spiro atoms. The van der Waals surface area contributed by atoms with Gasteiger partial charge in [0.05, 0.1) is 0 Å². The second kappa shape index (κ2) is 5.97. The zero-order valence-corrected chi connectivity index (χ0v) is 9.93. The Balaban J connectivity index is 2.43. The van der Waals surface area contributed by atoms with E-state index in [1.165, 1.54) is 24.1 Å². The fourth-order valence-corrected chi connectivity index (χ4v) is 1.61. The average Bonchev–Trinajstić information content (AvgIpc) is 2.19. The van der Waals surface area contributed by atoms with Gasteiger partial charge < -0.3 is 4.90 Å². The Hall–Kier alpha value is -0.630. The summed E-state index contributed by atoms with van der Waals surface area (Å²) in [7, 11) is 2.14. The summed E-state index contributed by atoms with van der Waals surface area (Å²) in [5.41, 5.74) is 2.62. The molecular formula is C12H19NS. The van der Waals surface area contributed by atoms with E-state index in [0.717, 1.165) is 12.3 Å². The summed E-state index contributed by atoms with van der Waals surface area (Å²) in [6, 6.07) is 8.67. The van der Waals surface area contributed by atoms with Crippen molar-refractivity contribution in [3.05, 3.63) is 29.8 Å². The topological polar surface area (TPSA) is 3.24 Å². The monoisotopic (exact) mass is 209 g/mol. The molecule has 1 aromatic carbocycles. The molecule has 1 rings (SSSR count). The van der Waals surface area contributed by atoms with Gasteiger partial charge in [0.1, 0.15) is 0 Å². The van der Waals surface area contributed by atoms with Crippen LogP contribution in [0.5, 0.6) is 0 Å². The molecule has 0 aromatic heterocycles. The zero-order valence-electron chi connectivity index (χ0n) is 9.03. The maximum absolute atomic E-state index is 4.21. The van der Waals surface area contributed by atoms with E-state index in [9.17, 15) is 0 Å². The van der Waals surface area contributed by atoms with E-state index in [-0.39, 0.29) is 0 Å². The number of nitrogens with zero attached hydrogens (tertiary/aromatic N) is 1. The van der Waals surface area contributed by atoms with Crippen molar-refractivity contribution in [1.82, 2.24) is 0 Å². The van der Waals surface area contributed by atoms with Gasteiger partial charge in [0.25, 0.3) is 0 Å². The van der Waals surface area contributed by atoms with E-state index in [0.29, 0.717) is 0 Å². The molecule has 0 bridgehead atoms. The van der Waals surface area contributed by atoms with Crippen LogP contribution in [0, 0.1) is 6.92 Å². The number of aryl methyl sites for hydroxylation is 1. The molecule has 0 radical (unpaired) electrons. The number of thiol groups is 1. The second-order valence-electron chi connectivity index (χ2n) is 3.69. The van der Waals surface area contributed by atoms with Gasteiger partial charge in [-0.05, 0) is 37.7 Å². The summed E-state index contributed by atoms with van der Waals surface area (Å²) < 4.78 is 0. The lowest BCUT2D eigenvalue weighted by atomic mass is 10.2. The van der Waals surface area contributed by atoms with Crippen LogP contribution in [0.25, 0.3) is 0 Å². The largest absolute Gasteiger partial charge is 0.375 e. The summed E-state index contributed by atoms with van der Waals surface area (Å²) in [5, 5.41) is 0. The lowest BCUT2D eigenvalue weighted by molar-refractivity contribution is 0.773. The Morgan fingerprint density at radius 3 is 2.36 bits per heavy atom. The second-order valence-corrected chi connectivity index (χ2v) is 4.14. The van der Waals surface area contributed by atoms with Gasteiger partial charge in [-0.3, -0.25) is 0 Å². The third kappa shape index (κ3) is 3.62. The molecule has 0 saturated carbocycles. The first-order valence-electron chi connectivity index (χ1n) is 5.12. The van der Waals surface area contributed by atoms with Crippen LogP contribution in [0.3, 0.4) is 0 Å². The van der Waals surface area contributed by atoms with Crippen molar-refractivity contribution in [2.45, 2.75) is 19.8 Å². The quantitative estimate of drug-likeness (QED) is 0.576. The molecule has 0 heterocycles. The minimum atomic E-state index is 0.988. The standard InChI is InChI=1S/C12H19NS/c1-11-5-7-12(8-6-11)13(2)9-3-4-10-14/h5-8,14H,3-4,9-10H2,1-2H3. The highest BCUT2D eigenvalue weighted by atomic mass is 32.1. The molecule has 1 aromatic rings. The SMILES string of the molecule is Cc1ccc(N(C)CCCCS)cc1. The van der Waals surface area contributed by atoms with Crippen LogP contribution < -0.4 is 4.90 Å². The van der Waals surface area contributed by atoms with Gasteiger partial charge in [0.15, 0.2) is 0 Å². The van der Waals surface area contributed by atoms with Crippen molar-refractivity contribution < 1.29 is 0 Å². The van der Waals surface area contributed by atoms with Gasteiger partial charge in [-0.25, -0.2) is 0 Å². The van der Waals surface area contributed by atoms with Crippen molar-refractivity contribution in [2.75, 3.05) is 24.2 Å². The molecule has 0 N–H and O–H groups in total. The van der Waals surface area contributed by atoms with Crippen LogP contribution in [-0.4, -0.2) is 19.3 Å². The summed E-state index contributed by atoms with van der Waals surface area (Å²) in [4.78, 5) is 2.29. The summed E-state index contributed by atoms with van der Waals surface area (Å²) in [5.74, 6) is 0.988. The van der Waals surface area contributed by atoms with E-state index in [1.807, 2.05) is 0 Å². The molecule has 0 unspecified atom stereocenters. The lowest BCUT2D eigenvalue weighted by Gasteiger charge is -2.19. The van der Waals surface area contributed by atoms with Gasteiger partial charge >= 0.3 is 0 Å². The number of hydrogen-bond donors (Lipinski definition) is 1. The molecule has 0 aliphatic rings. The van der Waals surface area contributed by atoms with Crippen LogP contribution >= 0.6 is 12.6 Å². The number of benzene rings is 1. The Morgan fingerprint density at radius 2 is 1.79 bits per heavy atom. The van der Waals surface area contributed by atoms with Gasteiger partial charge in [-0.1, -0.05) is 17.7 Å². The van der Waals surface area contributed by atoms with Crippen LogP contribution in [0.2, 0.25) is 0 Å². The van der Waals surface area contributed by atoms with Gasteiger partial charge in [0, 0.05) is 19.3 Å². The first-order chi connectivity index (χ1) is 6.74. The zero-order chi connectivity index (χ0) is 10.4. The smallest absolute Gasteiger partial charge is 0.0363 e. The van der Waals surface area contributed by atoms with Crippen molar-refractivity contribution in [3.8, 4) is 0 Å². The third-order valence-corrected chi connectivity index (χ3v) is 2.69. The molecule has 0 aliphatic carbocycles. The van der Waals surface area contributed by atoms with Crippen LogP contribution in [-0.2, 0) is 0 Å². The highest BCUT2D eigenvalue weighted by Gasteiger charge is 1.98. The molecular weight excluding hydrogens is 190 g/mol. The van der Waals surface area contributed by atoms with Crippen LogP contribution in [0.1, 0.15) is 18.4 Å². The minimum Gasteiger partial charge on any atom is -0.375 e. The fourth-order valence-electron chi connectivity index (χ4n) is 1.39. The number of rotatable bonds is 5. The highest BCUT2D eigenvalue weighted by molar-refractivity contribution is 7.80. The predicted octanol–water partition coefficient (Wildman–Crippen LogP) is 3.14. The van der Waals surface area contributed by atoms with E-state index in [4.69, 9.17) is 0 Å². The van der Waals surface area contributed by atoms with Crippen molar-refractivity contribution in [3.63, 3.8) is 0 Å². The number of unbranched alkanes of at least 4 members (excludes halogenated alkanes) is 1. The van der Waals surface area contributed by atoms with Gasteiger partial charge in [0.2, 0.25) is 0 Å². The summed E-state index contributed by atoms with van der Waals surface area (Å²) in [6.07, 6.45) is 2.41. The third-order valence-electron chi connectivity index (χ3n) is 2.38. The maximum Gasteiger partial charge on any atom is 0.0363 e. The molecule has 0 saturated heterocycles. The van der Waals surface area contributed by atoms with Gasteiger partial charge in [-0.15, -0.1) is 0 Å². The molecule has 78 valence electrons. The molecule has 2 heteroatoms. The van der Waals surface area contributed by atoms with Gasteiger partial charge in [-0.2, -0.15) is 12.6 Å². The average molecular weight is 209 g/mol. The number of anilines is 1. The van der Waals surface area contributed by atoms with Crippen LogP contribution in [0.15, 0.2) is 24.3 Å². The Bertz CT molecular complexity index is 256. The molecule has 0 aliphatic heterocycles. The molecule has 0 fully saturated rings. The Morgan fingerprint density at radius 1 is 1.14 bits per heavy atom. The lowest BCUT2D eigenvalue weighted by Crippen LogP contribution is -2.18. The Kier molecular flexibility index (Phi) is 4.88. The molecule has 0 atom stereocenters. The normalized spacial score (nSPS) is 10.2. The molecule has 14 heavy (non-hydrogen) atoms. The van der Waals surface area contributed by atoms with E-state index >= 15 is 0 Å². The first-order valence-corrected chi connectivity index (χ1v) is 5.76. The van der Waals surface area contributed by atoms with E-state index < -0.39 is 0 Å². The predicted molar refractivity (Wildman–Crippen MR) is 67.5 cm³/mol. The fraction of sp³-hybridized carbons (Fsp3) is 0.500. The van der Waals surface area contributed by atoms with Crippen molar-refractivity contribution in [1.29, 1.82) is 0 Å². The highest BCUT2D eigenvalue weighted by Crippen LogP contribution is 2.13.